The van der Waals surface area contributed by atoms with E-state index in [4.69, 9.17) is 14.7 Å². The predicted molar refractivity (Wildman–Crippen MR) is 175 cm³/mol. The summed E-state index contributed by atoms with van der Waals surface area (Å²) < 4.78 is 11.0. The summed E-state index contributed by atoms with van der Waals surface area (Å²) in [7, 11) is 0. The first-order valence-electron chi connectivity index (χ1n) is 14.4. The van der Waals surface area contributed by atoms with Gasteiger partial charge in [-0.1, -0.05) is 66.7 Å². The lowest BCUT2D eigenvalue weighted by Crippen LogP contribution is -1.91. The van der Waals surface area contributed by atoms with Crippen LogP contribution in [-0.2, 0) is 0 Å². The molecule has 0 unspecified atom stereocenters. The molecule has 0 aliphatic heterocycles. The zero-order valence-electron chi connectivity index (χ0n) is 22.9. The molecule has 0 aliphatic rings. The fourth-order valence-corrected chi connectivity index (χ4v) is 6.89. The molecular formula is C38H22N4O. The molecule has 5 nitrogen and oxygen atoms in total. The third-order valence-electron chi connectivity index (χ3n) is 8.75. The van der Waals surface area contributed by atoms with Crippen molar-refractivity contribution in [1.82, 2.24) is 18.8 Å². The summed E-state index contributed by atoms with van der Waals surface area (Å²) in [5.41, 5.74) is 7.34. The first kappa shape index (κ1) is 22.7. The molecule has 0 amide bonds. The minimum Gasteiger partial charge on any atom is -0.457 e. The Balaban J connectivity index is 1.17. The van der Waals surface area contributed by atoms with Gasteiger partial charge in [-0.25, -0.2) is 9.97 Å². The van der Waals surface area contributed by atoms with Gasteiger partial charge in [-0.05, 0) is 53.9 Å². The summed E-state index contributed by atoms with van der Waals surface area (Å²) in [4.78, 5) is 9.88. The van der Waals surface area contributed by atoms with E-state index in [1.54, 1.807) is 0 Å². The molecule has 0 spiro atoms. The number of nitrogens with zero attached hydrogens (tertiary/aromatic N) is 4. The van der Waals surface area contributed by atoms with Crippen LogP contribution in [0, 0.1) is 0 Å². The summed E-state index contributed by atoms with van der Waals surface area (Å²) in [5.74, 6) is 1.55. The maximum absolute atomic E-state index is 6.58. The molecule has 0 radical (unpaired) electrons. The number of rotatable bonds is 3. The van der Waals surface area contributed by atoms with Crippen molar-refractivity contribution >= 4 is 65.5 Å². The lowest BCUT2D eigenvalue weighted by molar-refractivity contribution is 0.484. The molecule has 10 rings (SSSR count). The minimum absolute atomic E-state index is 0.769. The standard InChI is InChI=1S/C38H22N4O/c1-2-8-23(9-3-1)33-22-41-34-14-5-4-10-27(34)26-17-15-24(20-32(26)38(41)40-33)43-25-16-18-28-29-11-6-12-30-31-13-7-19-39-37(31)42(36(29)30)35(28)21-25/h1-22H. The first-order chi connectivity index (χ1) is 21.3. The van der Waals surface area contributed by atoms with Crippen molar-refractivity contribution in [3.05, 3.63) is 134 Å². The fourth-order valence-electron chi connectivity index (χ4n) is 6.89. The lowest BCUT2D eigenvalue weighted by Gasteiger charge is -2.11. The maximum Gasteiger partial charge on any atom is 0.146 e. The summed E-state index contributed by atoms with van der Waals surface area (Å²) >= 11 is 0. The lowest BCUT2D eigenvalue weighted by atomic mass is 10.1. The maximum atomic E-state index is 6.58. The molecule has 0 saturated heterocycles. The van der Waals surface area contributed by atoms with E-state index in [2.05, 4.69) is 112 Å². The van der Waals surface area contributed by atoms with Gasteiger partial charge in [0.2, 0.25) is 0 Å². The molecule has 5 aromatic heterocycles. The Labute approximate surface area is 245 Å². The second kappa shape index (κ2) is 8.30. The number of imidazole rings is 1. The van der Waals surface area contributed by atoms with Crippen LogP contribution in [0.5, 0.6) is 11.5 Å². The van der Waals surface area contributed by atoms with Crippen molar-refractivity contribution in [3.8, 4) is 22.8 Å². The topological polar surface area (TPSA) is 43.8 Å². The molecule has 5 heteroatoms. The van der Waals surface area contributed by atoms with E-state index in [1.807, 2.05) is 30.5 Å². The van der Waals surface area contributed by atoms with Gasteiger partial charge in [0.1, 0.15) is 22.8 Å². The Bertz CT molecular complexity index is 2700. The third-order valence-corrected chi connectivity index (χ3v) is 8.75. The first-order valence-corrected chi connectivity index (χ1v) is 14.4. The third kappa shape index (κ3) is 3.11. The monoisotopic (exact) mass is 550 g/mol. The molecule has 0 N–H and O–H groups in total. The molecule has 0 fully saturated rings. The van der Waals surface area contributed by atoms with Gasteiger partial charge in [0, 0.05) is 56.3 Å². The quantitative estimate of drug-likeness (QED) is 0.206. The SMILES string of the molecule is c1ccc(-c2cn3c4ccccc4c4ccc(Oc5ccc6c7cccc8c9cccnc9n(c6c5)c78)cc4c3n2)cc1. The highest BCUT2D eigenvalue weighted by Gasteiger charge is 2.19. The Kier molecular flexibility index (Phi) is 4.39. The summed E-state index contributed by atoms with van der Waals surface area (Å²) in [5, 5.41) is 8.19. The molecule has 5 heterocycles. The van der Waals surface area contributed by atoms with E-state index in [0.717, 1.165) is 61.2 Å². The van der Waals surface area contributed by atoms with Crippen molar-refractivity contribution in [2.24, 2.45) is 0 Å². The van der Waals surface area contributed by atoms with Crippen LogP contribution in [0.4, 0.5) is 0 Å². The van der Waals surface area contributed by atoms with Gasteiger partial charge in [0.25, 0.3) is 0 Å². The van der Waals surface area contributed by atoms with Crippen LogP contribution in [0.2, 0.25) is 0 Å². The molecule has 43 heavy (non-hydrogen) atoms. The Morgan fingerprint density at radius 3 is 2.14 bits per heavy atom. The van der Waals surface area contributed by atoms with Crippen LogP contribution < -0.4 is 4.74 Å². The number of pyridine rings is 2. The molecule has 0 saturated carbocycles. The van der Waals surface area contributed by atoms with E-state index < -0.39 is 0 Å². The van der Waals surface area contributed by atoms with Gasteiger partial charge in [-0.3, -0.25) is 8.80 Å². The number of para-hydroxylation sites is 2. The Morgan fingerprint density at radius 2 is 1.23 bits per heavy atom. The van der Waals surface area contributed by atoms with Gasteiger partial charge in [-0.15, -0.1) is 0 Å². The van der Waals surface area contributed by atoms with E-state index in [9.17, 15) is 0 Å². The molecule has 5 aromatic carbocycles. The Morgan fingerprint density at radius 1 is 0.512 bits per heavy atom. The van der Waals surface area contributed by atoms with Crippen molar-refractivity contribution in [3.63, 3.8) is 0 Å². The number of aromatic nitrogens is 4. The number of hydrogen-bond acceptors (Lipinski definition) is 3. The van der Waals surface area contributed by atoms with Gasteiger partial charge in [-0.2, -0.15) is 0 Å². The molecule has 0 bridgehead atoms. The molecule has 10 aromatic rings. The highest BCUT2D eigenvalue weighted by molar-refractivity contribution is 6.22. The van der Waals surface area contributed by atoms with Crippen LogP contribution in [0.25, 0.3) is 76.8 Å². The highest BCUT2D eigenvalue weighted by atomic mass is 16.5. The van der Waals surface area contributed by atoms with Crippen LogP contribution in [0.1, 0.15) is 0 Å². The normalized spacial score (nSPS) is 12.2. The molecular weight excluding hydrogens is 528 g/mol. The fraction of sp³-hybridized carbons (Fsp3) is 0. The smallest absolute Gasteiger partial charge is 0.146 e. The van der Waals surface area contributed by atoms with Crippen LogP contribution >= 0.6 is 0 Å². The van der Waals surface area contributed by atoms with Gasteiger partial charge in [0.15, 0.2) is 0 Å². The van der Waals surface area contributed by atoms with Crippen molar-refractivity contribution in [2.75, 3.05) is 0 Å². The zero-order valence-corrected chi connectivity index (χ0v) is 22.9. The van der Waals surface area contributed by atoms with Gasteiger partial charge >= 0.3 is 0 Å². The van der Waals surface area contributed by atoms with E-state index in [-0.39, 0.29) is 0 Å². The van der Waals surface area contributed by atoms with Crippen molar-refractivity contribution in [2.45, 2.75) is 0 Å². The molecule has 0 atom stereocenters. The molecule has 0 aliphatic carbocycles. The number of ether oxygens (including phenoxy) is 1. The number of hydrogen-bond donors (Lipinski definition) is 0. The van der Waals surface area contributed by atoms with Crippen LogP contribution in [-0.4, -0.2) is 18.8 Å². The Hall–Kier alpha value is -5.94. The van der Waals surface area contributed by atoms with Gasteiger partial charge < -0.3 is 4.74 Å². The van der Waals surface area contributed by atoms with Crippen LogP contribution in [0.3, 0.4) is 0 Å². The van der Waals surface area contributed by atoms with Gasteiger partial charge in [0.05, 0.1) is 22.2 Å². The van der Waals surface area contributed by atoms with Crippen LogP contribution in [0.15, 0.2) is 134 Å². The zero-order chi connectivity index (χ0) is 28.1. The summed E-state index contributed by atoms with van der Waals surface area (Å²) in [6.07, 6.45) is 4.00. The predicted octanol–water partition coefficient (Wildman–Crippen LogP) is 9.65. The van der Waals surface area contributed by atoms with Crippen molar-refractivity contribution < 1.29 is 4.74 Å². The van der Waals surface area contributed by atoms with E-state index in [0.29, 0.717) is 0 Å². The summed E-state index contributed by atoms with van der Waals surface area (Å²) in [6, 6.07) is 42.2. The molecule has 200 valence electrons. The summed E-state index contributed by atoms with van der Waals surface area (Å²) in [6.45, 7) is 0. The second-order valence-electron chi connectivity index (χ2n) is 11.1. The second-order valence-corrected chi connectivity index (χ2v) is 11.1. The average molecular weight is 551 g/mol. The van der Waals surface area contributed by atoms with E-state index >= 15 is 0 Å². The number of benzene rings is 5. The average Bonchev–Trinajstić information content (AvgIpc) is 3.75. The highest BCUT2D eigenvalue weighted by Crippen LogP contribution is 2.40. The van der Waals surface area contributed by atoms with Crippen molar-refractivity contribution in [1.29, 1.82) is 0 Å². The number of fused-ring (bicyclic) bond motifs is 12. The largest absolute Gasteiger partial charge is 0.457 e. The van der Waals surface area contributed by atoms with E-state index in [1.165, 1.54) is 27.1 Å². The minimum atomic E-state index is 0.769.